The number of oxime groups is 1. The van der Waals surface area contributed by atoms with Crippen molar-refractivity contribution >= 4 is 34.5 Å². The van der Waals surface area contributed by atoms with Crippen LogP contribution in [-0.2, 0) is 16.2 Å². The van der Waals surface area contributed by atoms with Gasteiger partial charge in [0.2, 0.25) is 5.91 Å². The number of anilines is 1. The van der Waals surface area contributed by atoms with Crippen molar-refractivity contribution in [3.63, 3.8) is 0 Å². The second-order valence-corrected chi connectivity index (χ2v) is 9.00. The van der Waals surface area contributed by atoms with Gasteiger partial charge in [0.25, 0.3) is 0 Å². The van der Waals surface area contributed by atoms with Gasteiger partial charge in [-0.2, -0.15) is 5.10 Å². The number of nitrogens with zero attached hydrogens (tertiary/aromatic N) is 4. The average molecular weight is 459 g/mol. The third kappa shape index (κ3) is 4.57. The predicted octanol–water partition coefficient (Wildman–Crippen LogP) is 3.11. The maximum absolute atomic E-state index is 11.3. The molecule has 178 valence electrons. The average Bonchev–Trinajstić information content (AvgIpc) is 3.25. The van der Waals surface area contributed by atoms with Crippen LogP contribution in [-0.4, -0.2) is 60.4 Å². The van der Waals surface area contributed by atoms with Crippen molar-refractivity contribution in [3.05, 3.63) is 17.5 Å². The molecule has 11 heteroatoms. The van der Waals surface area contributed by atoms with Crippen molar-refractivity contribution < 1.29 is 24.6 Å². The zero-order chi connectivity index (χ0) is 23.8. The number of amides is 1. The fourth-order valence-corrected chi connectivity index (χ4v) is 4.78. The van der Waals surface area contributed by atoms with Gasteiger partial charge in [-0.15, -0.1) is 0 Å². The zero-order valence-corrected chi connectivity index (χ0v) is 19.1. The Morgan fingerprint density at radius 3 is 2.55 bits per heavy atom. The van der Waals surface area contributed by atoms with E-state index in [9.17, 15) is 4.79 Å². The van der Waals surface area contributed by atoms with Crippen LogP contribution in [0.4, 0.5) is 10.5 Å². The molecule has 11 nitrogen and oxygen atoms in total. The number of fused-ring (bicyclic) bond motifs is 1. The smallest absolute Gasteiger partial charge is 0.450 e. The monoisotopic (exact) mass is 458 g/mol. The Hall–Kier alpha value is -3.37. The van der Waals surface area contributed by atoms with Crippen molar-refractivity contribution in [3.8, 4) is 0 Å². The van der Waals surface area contributed by atoms with E-state index in [1.165, 1.54) is 19.3 Å². The molecule has 3 heterocycles. The van der Waals surface area contributed by atoms with Crippen LogP contribution >= 0.6 is 0 Å². The van der Waals surface area contributed by atoms with E-state index in [0.717, 1.165) is 59.5 Å². The van der Waals surface area contributed by atoms with E-state index in [1.807, 2.05) is 17.8 Å². The molecule has 33 heavy (non-hydrogen) atoms. The summed E-state index contributed by atoms with van der Waals surface area (Å²) in [5, 5.41) is 30.9. The van der Waals surface area contributed by atoms with Crippen LogP contribution in [0.25, 0.3) is 11.0 Å². The van der Waals surface area contributed by atoms with E-state index >= 15 is 0 Å². The SMILES string of the molecule is CCn1nc(C)c2c(NC3CCC3)c(C3=NOC4(C3)CC(NC(C)=O)C4)cnc21.O=C(O)O. The fourth-order valence-electron chi connectivity index (χ4n) is 4.78. The van der Waals surface area contributed by atoms with Crippen LogP contribution < -0.4 is 10.6 Å². The molecule has 1 amide bonds. The van der Waals surface area contributed by atoms with Gasteiger partial charge in [0, 0.05) is 56.6 Å². The lowest BCUT2D eigenvalue weighted by molar-refractivity contribution is -0.126. The van der Waals surface area contributed by atoms with Gasteiger partial charge in [-0.1, -0.05) is 5.16 Å². The highest BCUT2D eigenvalue weighted by Gasteiger charge is 2.51. The summed E-state index contributed by atoms with van der Waals surface area (Å²) >= 11 is 0. The summed E-state index contributed by atoms with van der Waals surface area (Å²) in [5.41, 5.74) is 4.66. The number of pyridine rings is 1. The van der Waals surface area contributed by atoms with E-state index in [2.05, 4.69) is 27.8 Å². The number of nitrogens with one attached hydrogen (secondary N) is 2. The molecule has 2 aromatic heterocycles. The third-order valence-corrected chi connectivity index (χ3v) is 6.48. The van der Waals surface area contributed by atoms with Gasteiger partial charge in [-0.25, -0.2) is 14.5 Å². The molecule has 2 saturated carbocycles. The molecule has 3 aliphatic rings. The fraction of sp³-hybridized carbons (Fsp3) is 0.591. The molecular formula is C22H30N6O5. The Bertz CT molecular complexity index is 1100. The number of rotatable bonds is 5. The van der Waals surface area contributed by atoms with Gasteiger partial charge < -0.3 is 25.7 Å². The molecule has 2 fully saturated rings. The molecule has 0 aromatic carbocycles. The number of hydrogen-bond acceptors (Lipinski definition) is 7. The molecule has 4 N–H and O–H groups in total. The second kappa shape index (κ2) is 8.87. The quantitative estimate of drug-likeness (QED) is 0.533. The van der Waals surface area contributed by atoms with Crippen LogP contribution in [0.5, 0.6) is 0 Å². The van der Waals surface area contributed by atoms with Crippen molar-refractivity contribution in [1.82, 2.24) is 20.1 Å². The number of aromatic nitrogens is 3. The minimum absolute atomic E-state index is 0.00837. The third-order valence-electron chi connectivity index (χ3n) is 6.48. The summed E-state index contributed by atoms with van der Waals surface area (Å²) < 4.78 is 1.96. The van der Waals surface area contributed by atoms with E-state index in [4.69, 9.17) is 24.8 Å². The predicted molar refractivity (Wildman–Crippen MR) is 122 cm³/mol. The maximum atomic E-state index is 11.3. The van der Waals surface area contributed by atoms with E-state index in [-0.39, 0.29) is 17.6 Å². The van der Waals surface area contributed by atoms with Gasteiger partial charge in [0.1, 0.15) is 5.60 Å². The molecule has 0 saturated heterocycles. The Morgan fingerprint density at radius 2 is 1.97 bits per heavy atom. The summed E-state index contributed by atoms with van der Waals surface area (Å²) in [6.07, 6.45) is 6.08. The molecule has 0 atom stereocenters. The Balaban J connectivity index is 0.000000601. The van der Waals surface area contributed by atoms with Crippen LogP contribution in [0.2, 0.25) is 0 Å². The molecule has 1 aliphatic heterocycles. The number of carbonyl (C=O) groups is 2. The lowest BCUT2D eigenvalue weighted by Crippen LogP contribution is -2.54. The molecule has 0 bridgehead atoms. The van der Waals surface area contributed by atoms with Crippen LogP contribution in [0, 0.1) is 6.92 Å². The molecule has 2 aromatic rings. The minimum Gasteiger partial charge on any atom is -0.450 e. The van der Waals surface area contributed by atoms with Gasteiger partial charge >= 0.3 is 6.16 Å². The zero-order valence-electron chi connectivity index (χ0n) is 19.1. The lowest BCUT2D eigenvalue weighted by Gasteiger charge is -2.42. The van der Waals surface area contributed by atoms with E-state index < -0.39 is 6.16 Å². The first-order chi connectivity index (χ1) is 15.7. The number of carbonyl (C=O) groups excluding carboxylic acids is 1. The highest BCUT2D eigenvalue weighted by atomic mass is 16.7. The maximum Gasteiger partial charge on any atom is 0.503 e. The largest absolute Gasteiger partial charge is 0.503 e. The first kappa shape index (κ1) is 22.8. The van der Waals surface area contributed by atoms with Crippen molar-refractivity contribution in [1.29, 1.82) is 0 Å². The molecule has 0 radical (unpaired) electrons. The topological polar surface area (TPSA) is 151 Å². The normalized spacial score (nSPS) is 23.6. The summed E-state index contributed by atoms with van der Waals surface area (Å²) in [7, 11) is 0. The first-order valence-electron chi connectivity index (χ1n) is 11.3. The highest BCUT2D eigenvalue weighted by molar-refractivity contribution is 6.11. The van der Waals surface area contributed by atoms with Crippen LogP contribution in [0.1, 0.15) is 63.6 Å². The summed E-state index contributed by atoms with van der Waals surface area (Å²) in [6, 6.07) is 0.675. The lowest BCUT2D eigenvalue weighted by atomic mass is 9.72. The van der Waals surface area contributed by atoms with Crippen LogP contribution in [0.3, 0.4) is 0 Å². The molecule has 5 rings (SSSR count). The van der Waals surface area contributed by atoms with Crippen molar-refractivity contribution in [2.24, 2.45) is 5.16 Å². The van der Waals surface area contributed by atoms with Gasteiger partial charge in [-0.3, -0.25) is 4.79 Å². The summed E-state index contributed by atoms with van der Waals surface area (Å²) in [4.78, 5) is 30.5. The first-order valence-corrected chi connectivity index (χ1v) is 11.3. The molecule has 2 aliphatic carbocycles. The van der Waals surface area contributed by atoms with Crippen LogP contribution in [0.15, 0.2) is 11.4 Å². The van der Waals surface area contributed by atoms with E-state index in [0.29, 0.717) is 6.04 Å². The minimum atomic E-state index is -1.83. The second-order valence-electron chi connectivity index (χ2n) is 9.00. The molecule has 1 spiro atoms. The summed E-state index contributed by atoms with van der Waals surface area (Å²) in [5.74, 6) is 0.00837. The standard InChI is InChI=1S/C21H28N6O2.CH2O3/c1-4-27-20-18(12(2)25-27)19(24-14-6-5-7-14)16(11-22-20)17-10-21(29-26-17)8-15(9-21)23-13(3)28;2-1(3)4/h11,14-15H,4-10H2,1-3H3,(H,22,24)(H,23,28);(H2,2,3,4). The molecule has 0 unspecified atom stereocenters. The highest BCUT2D eigenvalue weighted by Crippen LogP contribution is 2.45. The van der Waals surface area contributed by atoms with Gasteiger partial charge in [-0.05, 0) is 33.1 Å². The van der Waals surface area contributed by atoms with Gasteiger partial charge in [0.15, 0.2) is 5.65 Å². The number of aryl methyl sites for hydroxylation is 2. The van der Waals surface area contributed by atoms with Gasteiger partial charge in [0.05, 0.1) is 22.5 Å². The molecular weight excluding hydrogens is 428 g/mol. The summed E-state index contributed by atoms with van der Waals surface area (Å²) in [6.45, 7) is 6.48. The van der Waals surface area contributed by atoms with E-state index in [1.54, 1.807) is 6.92 Å². The number of hydrogen-bond donors (Lipinski definition) is 4. The Labute approximate surface area is 191 Å². The Morgan fingerprint density at radius 1 is 1.27 bits per heavy atom. The van der Waals surface area contributed by atoms with Crippen molar-refractivity contribution in [2.75, 3.05) is 5.32 Å². The number of carboxylic acid groups (broad SMARTS) is 2. The van der Waals surface area contributed by atoms with Crippen molar-refractivity contribution in [2.45, 2.75) is 83.5 Å². The Kier molecular flexibility index (Phi) is 6.13.